The molecule has 0 fully saturated rings. The van der Waals surface area contributed by atoms with Crippen LogP contribution in [0.5, 0.6) is 5.75 Å². The van der Waals surface area contributed by atoms with E-state index in [0.717, 1.165) is 5.56 Å². The normalized spacial score (nSPS) is 12.5. The van der Waals surface area contributed by atoms with Crippen LogP contribution < -0.4 is 15.8 Å². The van der Waals surface area contributed by atoms with Gasteiger partial charge in [-0.3, -0.25) is 0 Å². The first kappa shape index (κ1) is 20.8. The highest BCUT2D eigenvalue weighted by atomic mass is 127. The molecule has 0 aliphatic carbocycles. The van der Waals surface area contributed by atoms with Crippen LogP contribution in [-0.2, 0) is 6.54 Å². The maximum Gasteiger partial charge on any atom is 0.422 e. The van der Waals surface area contributed by atoms with Gasteiger partial charge in [0.25, 0.3) is 0 Å². The SMILES string of the molecule is CC(C)(C)NC(N)=NCc1ccc(OCC(F)(F)F)cc1.I. The highest BCUT2D eigenvalue weighted by Gasteiger charge is 2.28. The van der Waals surface area contributed by atoms with Crippen molar-refractivity contribution in [2.75, 3.05) is 6.61 Å². The third-order valence-electron chi connectivity index (χ3n) is 2.26. The zero-order chi connectivity index (χ0) is 16.1. The van der Waals surface area contributed by atoms with Crippen LogP contribution in [-0.4, -0.2) is 24.3 Å². The molecular formula is C14H21F3IN3O. The Hall–Kier alpha value is -1.19. The van der Waals surface area contributed by atoms with E-state index in [1.54, 1.807) is 12.1 Å². The number of rotatable bonds is 4. The fraction of sp³-hybridized carbons (Fsp3) is 0.500. The van der Waals surface area contributed by atoms with Crippen molar-refractivity contribution in [3.8, 4) is 5.75 Å². The van der Waals surface area contributed by atoms with Crippen LogP contribution in [0.15, 0.2) is 29.3 Å². The molecule has 1 rings (SSSR count). The van der Waals surface area contributed by atoms with E-state index in [4.69, 9.17) is 5.73 Å². The van der Waals surface area contributed by atoms with Gasteiger partial charge in [0.2, 0.25) is 0 Å². The van der Waals surface area contributed by atoms with Gasteiger partial charge in [0.05, 0.1) is 6.54 Å². The molecule has 22 heavy (non-hydrogen) atoms. The van der Waals surface area contributed by atoms with E-state index < -0.39 is 12.8 Å². The van der Waals surface area contributed by atoms with Gasteiger partial charge in [0.1, 0.15) is 5.75 Å². The van der Waals surface area contributed by atoms with Crippen molar-refractivity contribution in [3.63, 3.8) is 0 Å². The molecule has 0 aliphatic rings. The summed E-state index contributed by atoms with van der Waals surface area (Å²) < 4.78 is 40.6. The van der Waals surface area contributed by atoms with Crippen molar-refractivity contribution in [1.29, 1.82) is 0 Å². The van der Waals surface area contributed by atoms with E-state index in [1.807, 2.05) is 20.8 Å². The molecule has 0 aliphatic heterocycles. The third-order valence-corrected chi connectivity index (χ3v) is 2.26. The topological polar surface area (TPSA) is 59.6 Å². The van der Waals surface area contributed by atoms with Gasteiger partial charge in [-0.25, -0.2) is 4.99 Å². The number of hydrogen-bond acceptors (Lipinski definition) is 2. The Kier molecular flexibility index (Phi) is 7.99. The smallest absolute Gasteiger partial charge is 0.422 e. The highest BCUT2D eigenvalue weighted by molar-refractivity contribution is 14.0. The van der Waals surface area contributed by atoms with Gasteiger partial charge in [0.15, 0.2) is 12.6 Å². The van der Waals surface area contributed by atoms with Gasteiger partial charge in [0, 0.05) is 5.54 Å². The lowest BCUT2D eigenvalue weighted by molar-refractivity contribution is -0.153. The standard InChI is InChI=1S/C14H20F3N3O.HI/c1-13(2,3)20-12(18)19-8-10-4-6-11(7-5-10)21-9-14(15,16)17;/h4-7H,8-9H2,1-3H3,(H3,18,19,20);1H. The maximum absolute atomic E-state index is 12.0. The zero-order valence-electron chi connectivity index (χ0n) is 12.7. The fourth-order valence-electron chi connectivity index (χ4n) is 1.46. The largest absolute Gasteiger partial charge is 0.484 e. The van der Waals surface area contributed by atoms with E-state index in [0.29, 0.717) is 12.5 Å². The minimum absolute atomic E-state index is 0. The minimum atomic E-state index is -4.34. The number of halogens is 4. The van der Waals surface area contributed by atoms with E-state index in [1.165, 1.54) is 12.1 Å². The number of nitrogens with zero attached hydrogens (tertiary/aromatic N) is 1. The van der Waals surface area contributed by atoms with Crippen molar-refractivity contribution >= 4 is 29.9 Å². The molecule has 0 saturated heterocycles. The van der Waals surface area contributed by atoms with Crippen LogP contribution in [0.2, 0.25) is 0 Å². The van der Waals surface area contributed by atoms with Gasteiger partial charge in [-0.05, 0) is 38.5 Å². The van der Waals surface area contributed by atoms with Crippen molar-refractivity contribution in [3.05, 3.63) is 29.8 Å². The number of hydrogen-bond donors (Lipinski definition) is 2. The molecule has 0 atom stereocenters. The quantitative estimate of drug-likeness (QED) is 0.436. The summed E-state index contributed by atoms with van der Waals surface area (Å²) in [7, 11) is 0. The van der Waals surface area contributed by atoms with E-state index in [2.05, 4.69) is 15.0 Å². The van der Waals surface area contributed by atoms with Crippen molar-refractivity contribution in [1.82, 2.24) is 5.32 Å². The van der Waals surface area contributed by atoms with E-state index in [9.17, 15) is 13.2 Å². The number of benzene rings is 1. The summed E-state index contributed by atoms with van der Waals surface area (Å²) in [6.45, 7) is 4.92. The first-order valence-corrected chi connectivity index (χ1v) is 6.42. The Morgan fingerprint density at radius 3 is 2.18 bits per heavy atom. The Morgan fingerprint density at radius 2 is 1.73 bits per heavy atom. The lowest BCUT2D eigenvalue weighted by atomic mass is 10.1. The fourth-order valence-corrected chi connectivity index (χ4v) is 1.46. The summed E-state index contributed by atoms with van der Waals surface area (Å²) in [6.07, 6.45) is -4.34. The molecular weight excluding hydrogens is 410 g/mol. The van der Waals surface area contributed by atoms with Gasteiger partial charge in [-0.15, -0.1) is 24.0 Å². The molecule has 1 aromatic rings. The predicted octanol–water partition coefficient (Wildman–Crippen LogP) is 3.45. The Bertz CT molecular complexity index is 482. The van der Waals surface area contributed by atoms with Crippen molar-refractivity contribution in [2.24, 2.45) is 10.7 Å². The second-order valence-electron chi connectivity index (χ2n) is 5.62. The Balaban J connectivity index is 0.00000441. The molecule has 0 heterocycles. The second kappa shape index (κ2) is 8.44. The molecule has 126 valence electrons. The minimum Gasteiger partial charge on any atom is -0.484 e. The molecule has 0 aromatic heterocycles. The summed E-state index contributed by atoms with van der Waals surface area (Å²) in [6, 6.07) is 6.26. The van der Waals surface area contributed by atoms with Gasteiger partial charge in [-0.2, -0.15) is 13.2 Å². The molecule has 0 bridgehead atoms. The van der Waals surface area contributed by atoms with Crippen LogP contribution >= 0.6 is 24.0 Å². The molecule has 0 spiro atoms. The van der Waals surface area contributed by atoms with Crippen LogP contribution in [0.25, 0.3) is 0 Å². The number of alkyl halides is 3. The van der Waals surface area contributed by atoms with Crippen molar-refractivity contribution in [2.45, 2.75) is 39.0 Å². The first-order valence-electron chi connectivity index (χ1n) is 6.42. The van der Waals surface area contributed by atoms with Gasteiger partial charge in [-0.1, -0.05) is 12.1 Å². The monoisotopic (exact) mass is 431 g/mol. The summed E-state index contributed by atoms with van der Waals surface area (Å²) in [5.74, 6) is 0.487. The number of ether oxygens (including phenoxy) is 1. The summed E-state index contributed by atoms with van der Waals surface area (Å²) >= 11 is 0. The number of nitrogens with one attached hydrogen (secondary N) is 1. The number of guanidine groups is 1. The zero-order valence-corrected chi connectivity index (χ0v) is 15.0. The van der Waals surface area contributed by atoms with Crippen LogP contribution in [0.3, 0.4) is 0 Å². The number of nitrogens with two attached hydrogens (primary N) is 1. The summed E-state index contributed by atoms with van der Waals surface area (Å²) in [5.41, 5.74) is 6.37. The van der Waals surface area contributed by atoms with Crippen LogP contribution in [0, 0.1) is 0 Å². The van der Waals surface area contributed by atoms with Crippen molar-refractivity contribution < 1.29 is 17.9 Å². The molecule has 3 N–H and O–H groups in total. The second-order valence-corrected chi connectivity index (χ2v) is 5.62. The molecule has 1 aromatic carbocycles. The summed E-state index contributed by atoms with van der Waals surface area (Å²) in [5, 5.41) is 3.02. The van der Waals surface area contributed by atoms with Gasteiger partial charge < -0.3 is 15.8 Å². The first-order chi connectivity index (χ1) is 9.55. The molecule has 0 radical (unpaired) electrons. The molecule has 0 amide bonds. The lowest BCUT2D eigenvalue weighted by Gasteiger charge is -2.21. The Morgan fingerprint density at radius 1 is 1.18 bits per heavy atom. The number of aliphatic imine (C=N–C) groups is 1. The average molecular weight is 431 g/mol. The maximum atomic E-state index is 12.0. The summed E-state index contributed by atoms with van der Waals surface area (Å²) in [4.78, 5) is 4.16. The molecule has 4 nitrogen and oxygen atoms in total. The third kappa shape index (κ3) is 9.69. The Labute approximate surface area is 145 Å². The van der Waals surface area contributed by atoms with E-state index in [-0.39, 0.29) is 35.3 Å². The molecule has 0 saturated carbocycles. The highest BCUT2D eigenvalue weighted by Crippen LogP contribution is 2.19. The molecule has 8 heteroatoms. The molecule has 0 unspecified atom stereocenters. The van der Waals surface area contributed by atoms with Crippen LogP contribution in [0.4, 0.5) is 13.2 Å². The van der Waals surface area contributed by atoms with E-state index >= 15 is 0 Å². The lowest BCUT2D eigenvalue weighted by Crippen LogP contribution is -2.44. The van der Waals surface area contributed by atoms with Gasteiger partial charge >= 0.3 is 6.18 Å². The van der Waals surface area contributed by atoms with Crippen LogP contribution in [0.1, 0.15) is 26.3 Å². The average Bonchev–Trinajstić information content (AvgIpc) is 2.32. The predicted molar refractivity (Wildman–Crippen MR) is 91.6 cm³/mol.